The van der Waals surface area contributed by atoms with Crippen LogP contribution in [0.5, 0.6) is 0 Å². The fourth-order valence-corrected chi connectivity index (χ4v) is 2.49. The van der Waals surface area contributed by atoms with Gasteiger partial charge in [-0.25, -0.2) is 20.8 Å². The van der Waals surface area contributed by atoms with Gasteiger partial charge in [0.05, 0.1) is 12.9 Å². The summed E-state index contributed by atoms with van der Waals surface area (Å²) in [7, 11) is 1.46. The molecule has 0 amide bonds. The molecule has 0 bridgehead atoms. The van der Waals surface area contributed by atoms with E-state index in [9.17, 15) is 10.2 Å². The average Bonchev–Trinajstić information content (AvgIpc) is 3.07. The van der Waals surface area contributed by atoms with E-state index in [1.165, 1.54) is 19.8 Å². The van der Waals surface area contributed by atoms with Crippen LogP contribution in [0.25, 0.3) is 11.2 Å². The molecule has 1 aliphatic rings. The van der Waals surface area contributed by atoms with Gasteiger partial charge in [0, 0.05) is 7.11 Å². The third kappa shape index (κ3) is 2.13. The lowest BCUT2D eigenvalue weighted by molar-refractivity contribution is -0.0583. The Balaban J connectivity index is 2.04. The molecular formula is C11H16N6O4. The van der Waals surface area contributed by atoms with Gasteiger partial charge in [0.1, 0.15) is 24.6 Å². The van der Waals surface area contributed by atoms with Gasteiger partial charge in [0.15, 0.2) is 23.2 Å². The first-order valence-corrected chi connectivity index (χ1v) is 6.32. The van der Waals surface area contributed by atoms with Crippen LogP contribution in [0, 0.1) is 0 Å². The zero-order valence-corrected chi connectivity index (χ0v) is 11.2. The molecule has 3 heterocycles. The van der Waals surface area contributed by atoms with Crippen molar-refractivity contribution in [2.45, 2.75) is 24.5 Å². The summed E-state index contributed by atoms with van der Waals surface area (Å²) in [6, 6.07) is 0. The van der Waals surface area contributed by atoms with Gasteiger partial charge in [-0.05, 0) is 0 Å². The number of hydrazine groups is 1. The van der Waals surface area contributed by atoms with Crippen molar-refractivity contribution in [3.63, 3.8) is 0 Å². The number of nitrogens with zero attached hydrogens (tertiary/aromatic N) is 4. The summed E-state index contributed by atoms with van der Waals surface area (Å²) < 4.78 is 12.5. The minimum Gasteiger partial charge on any atom is -0.394 e. The number of aromatic nitrogens is 4. The molecule has 0 unspecified atom stereocenters. The monoisotopic (exact) mass is 296 g/mol. The molecule has 0 saturated carbocycles. The Bertz CT molecular complexity index is 634. The van der Waals surface area contributed by atoms with Gasteiger partial charge in [-0.15, -0.1) is 0 Å². The van der Waals surface area contributed by atoms with Crippen molar-refractivity contribution >= 4 is 17.0 Å². The summed E-state index contributed by atoms with van der Waals surface area (Å²) in [5, 5.41) is 19.3. The molecule has 10 heteroatoms. The lowest BCUT2D eigenvalue weighted by Crippen LogP contribution is -2.34. The van der Waals surface area contributed by atoms with Gasteiger partial charge < -0.3 is 25.1 Å². The van der Waals surface area contributed by atoms with E-state index in [0.29, 0.717) is 17.0 Å². The molecule has 1 saturated heterocycles. The van der Waals surface area contributed by atoms with Crippen molar-refractivity contribution in [2.24, 2.45) is 5.84 Å². The van der Waals surface area contributed by atoms with Crippen LogP contribution in [-0.2, 0) is 9.47 Å². The predicted octanol–water partition coefficient (Wildman–Crippen LogP) is -1.62. The van der Waals surface area contributed by atoms with Gasteiger partial charge in [0.2, 0.25) is 0 Å². The minimum absolute atomic E-state index is 0.311. The summed E-state index contributed by atoms with van der Waals surface area (Å²) in [5.41, 5.74) is 3.39. The van der Waals surface area contributed by atoms with E-state index < -0.39 is 24.5 Å². The smallest absolute Gasteiger partial charge is 0.171 e. The highest BCUT2D eigenvalue weighted by atomic mass is 16.6. The second kappa shape index (κ2) is 5.50. The zero-order valence-electron chi connectivity index (χ0n) is 11.2. The fourth-order valence-electron chi connectivity index (χ4n) is 2.49. The topological polar surface area (TPSA) is 141 Å². The number of aliphatic hydroxyl groups is 2. The number of nitrogens with one attached hydrogen (secondary N) is 1. The molecule has 1 aliphatic heterocycles. The molecule has 0 radical (unpaired) electrons. The molecule has 3 rings (SSSR count). The number of nitrogen functional groups attached to an aromatic ring is 1. The maximum absolute atomic E-state index is 10.1. The van der Waals surface area contributed by atoms with Crippen LogP contribution in [0.2, 0.25) is 0 Å². The van der Waals surface area contributed by atoms with Crippen LogP contribution in [0.15, 0.2) is 12.7 Å². The summed E-state index contributed by atoms with van der Waals surface area (Å²) in [4.78, 5) is 12.3. The van der Waals surface area contributed by atoms with Crippen molar-refractivity contribution in [2.75, 3.05) is 19.1 Å². The Hall–Kier alpha value is -1.85. The molecule has 114 valence electrons. The van der Waals surface area contributed by atoms with Crippen LogP contribution in [0.1, 0.15) is 6.23 Å². The third-order valence-corrected chi connectivity index (χ3v) is 3.53. The molecule has 2 aromatic rings. The Morgan fingerprint density at radius 2 is 2.29 bits per heavy atom. The second-order valence-corrected chi connectivity index (χ2v) is 4.63. The second-order valence-electron chi connectivity index (χ2n) is 4.63. The van der Waals surface area contributed by atoms with Gasteiger partial charge in [-0.1, -0.05) is 0 Å². The first-order valence-electron chi connectivity index (χ1n) is 6.32. The number of rotatable bonds is 4. The standard InChI is InChI=1S/C11H16N6O4/c1-20-8-7(19)5(2-18)21-11(8)17-4-15-6-9(16-12)13-3-14-10(6)17/h3-5,7-8,11,18-19H,2,12H2,1H3,(H,13,14,16)/t5-,7-,8-,11-/m1/s1. The number of fused-ring (bicyclic) bond motifs is 1. The number of ether oxygens (including phenoxy) is 2. The molecule has 1 fully saturated rings. The summed E-state index contributed by atoms with van der Waals surface area (Å²) in [6.07, 6.45) is -0.144. The molecule has 5 N–H and O–H groups in total. The largest absolute Gasteiger partial charge is 0.394 e. The fraction of sp³-hybridized carbons (Fsp3) is 0.545. The van der Waals surface area contributed by atoms with E-state index >= 15 is 0 Å². The molecule has 4 atom stereocenters. The Morgan fingerprint density at radius 3 is 2.95 bits per heavy atom. The normalized spacial score (nSPS) is 29.1. The van der Waals surface area contributed by atoms with Gasteiger partial charge >= 0.3 is 0 Å². The molecular weight excluding hydrogens is 280 g/mol. The molecule has 2 aromatic heterocycles. The van der Waals surface area contributed by atoms with Crippen molar-refractivity contribution in [1.82, 2.24) is 19.5 Å². The number of nitrogens with two attached hydrogens (primary N) is 1. The van der Waals surface area contributed by atoms with E-state index in [1.807, 2.05) is 0 Å². The van der Waals surface area contributed by atoms with E-state index in [2.05, 4.69) is 20.4 Å². The van der Waals surface area contributed by atoms with Gasteiger partial charge in [-0.3, -0.25) is 4.57 Å². The van der Waals surface area contributed by atoms with Gasteiger partial charge in [-0.2, -0.15) is 0 Å². The number of imidazole rings is 1. The SMILES string of the molecule is CO[C@@H]1[C@H](O)[C@@H](CO)O[C@H]1n1cnc2c(NN)ncnc21. The van der Waals surface area contributed by atoms with Crippen molar-refractivity contribution in [3.05, 3.63) is 12.7 Å². The summed E-state index contributed by atoms with van der Waals surface area (Å²) >= 11 is 0. The van der Waals surface area contributed by atoms with Crippen molar-refractivity contribution < 1.29 is 19.7 Å². The summed E-state index contributed by atoms with van der Waals surface area (Å²) in [5.74, 6) is 5.76. The first-order chi connectivity index (χ1) is 10.2. The van der Waals surface area contributed by atoms with Crippen LogP contribution in [0.4, 0.5) is 5.82 Å². The number of aliphatic hydroxyl groups excluding tert-OH is 2. The maximum atomic E-state index is 10.1. The Morgan fingerprint density at radius 1 is 1.48 bits per heavy atom. The van der Waals surface area contributed by atoms with Crippen molar-refractivity contribution in [3.8, 4) is 0 Å². The van der Waals surface area contributed by atoms with E-state index in [-0.39, 0.29) is 6.61 Å². The highest BCUT2D eigenvalue weighted by Crippen LogP contribution is 2.33. The van der Waals surface area contributed by atoms with Crippen molar-refractivity contribution in [1.29, 1.82) is 0 Å². The zero-order chi connectivity index (χ0) is 15.0. The summed E-state index contributed by atoms with van der Waals surface area (Å²) in [6.45, 7) is -0.311. The Labute approximate surface area is 119 Å². The average molecular weight is 296 g/mol. The molecule has 0 spiro atoms. The molecule has 10 nitrogen and oxygen atoms in total. The van der Waals surface area contributed by atoms with Crippen LogP contribution < -0.4 is 11.3 Å². The van der Waals surface area contributed by atoms with Crippen LogP contribution in [0.3, 0.4) is 0 Å². The Kier molecular flexibility index (Phi) is 3.69. The van der Waals surface area contributed by atoms with Crippen LogP contribution in [-0.4, -0.2) is 61.8 Å². The van der Waals surface area contributed by atoms with E-state index in [4.69, 9.17) is 15.3 Å². The highest BCUT2D eigenvalue weighted by Gasteiger charge is 2.45. The number of hydrogen-bond donors (Lipinski definition) is 4. The van der Waals surface area contributed by atoms with E-state index in [1.54, 1.807) is 4.57 Å². The number of hydrogen-bond acceptors (Lipinski definition) is 9. The first kappa shape index (κ1) is 14.1. The predicted molar refractivity (Wildman–Crippen MR) is 70.9 cm³/mol. The van der Waals surface area contributed by atoms with Crippen LogP contribution >= 0.6 is 0 Å². The lowest BCUT2D eigenvalue weighted by atomic mass is 10.1. The van der Waals surface area contributed by atoms with Gasteiger partial charge in [0.25, 0.3) is 0 Å². The molecule has 0 aromatic carbocycles. The number of anilines is 1. The number of methoxy groups -OCH3 is 1. The molecule has 21 heavy (non-hydrogen) atoms. The minimum atomic E-state index is -0.948. The van der Waals surface area contributed by atoms with E-state index in [0.717, 1.165) is 0 Å². The quantitative estimate of drug-likeness (QED) is 0.387. The maximum Gasteiger partial charge on any atom is 0.171 e. The lowest BCUT2D eigenvalue weighted by Gasteiger charge is -2.19. The highest BCUT2D eigenvalue weighted by molar-refractivity contribution is 5.82. The molecule has 0 aliphatic carbocycles. The third-order valence-electron chi connectivity index (χ3n) is 3.53.